The highest BCUT2D eigenvalue weighted by atomic mass is 79.9. The SMILES string of the molecule is Nc1cc(NC2=NCC(F)CN2)cc(C(=O)NCC(=O)N[C@H](CC(=O)O)c2cc(Cl)cc(Br)c2O)c1. The largest absolute Gasteiger partial charge is 0.506 e. The van der Waals surface area contributed by atoms with Crippen molar-refractivity contribution in [3.63, 3.8) is 0 Å². The summed E-state index contributed by atoms with van der Waals surface area (Å²) >= 11 is 9.13. The lowest BCUT2D eigenvalue weighted by Gasteiger charge is -2.20. The number of carbonyl (C=O) groups excluding carboxylic acids is 2. The second-order valence-electron chi connectivity index (χ2n) is 7.86. The highest BCUT2D eigenvalue weighted by Crippen LogP contribution is 2.36. The molecule has 3 rings (SSSR count). The molecule has 0 bridgehead atoms. The van der Waals surface area contributed by atoms with Gasteiger partial charge in [-0.25, -0.2) is 9.38 Å². The van der Waals surface area contributed by atoms with E-state index in [0.717, 1.165) is 0 Å². The van der Waals surface area contributed by atoms with Gasteiger partial charge in [0.2, 0.25) is 5.91 Å². The number of hydrogen-bond acceptors (Lipinski definition) is 8. The van der Waals surface area contributed by atoms with E-state index in [2.05, 4.69) is 42.2 Å². The normalized spacial score (nSPS) is 15.8. The number of anilines is 2. The fourth-order valence-corrected chi connectivity index (χ4v) is 4.20. The molecule has 2 aromatic carbocycles. The van der Waals surface area contributed by atoms with Gasteiger partial charge in [0.05, 0.1) is 36.6 Å². The van der Waals surface area contributed by atoms with Crippen LogP contribution < -0.4 is 27.0 Å². The Morgan fingerprint density at radius 1 is 1.28 bits per heavy atom. The molecule has 14 heteroatoms. The number of hydrogen-bond donors (Lipinski definition) is 7. The smallest absolute Gasteiger partial charge is 0.305 e. The number of halogens is 3. The van der Waals surface area contributed by atoms with Crippen LogP contribution in [0.3, 0.4) is 0 Å². The van der Waals surface area contributed by atoms with E-state index in [1.165, 1.54) is 24.3 Å². The Kier molecular flexibility index (Phi) is 8.93. The maximum Gasteiger partial charge on any atom is 0.305 e. The van der Waals surface area contributed by atoms with Crippen LogP contribution >= 0.6 is 27.5 Å². The number of carbonyl (C=O) groups is 3. The number of rotatable bonds is 8. The number of phenolic OH excluding ortho intramolecular Hbond substituents is 1. The van der Waals surface area contributed by atoms with Gasteiger partial charge in [0.15, 0.2) is 5.96 Å². The standard InChI is InChI=1S/C22H23BrClFN6O5/c23-16-4-11(24)3-15(20(16)35)17(6-19(33)34)31-18(32)9-27-21(36)10-1-13(26)5-14(2-10)30-22-28-7-12(25)8-29-22/h1-5,12,17,35H,6-9,26H2,(H,27,36)(H,31,32)(H,33,34)(H2,28,29,30)/t17-/m1/s1. The van der Waals surface area contributed by atoms with Gasteiger partial charge in [-0.3, -0.25) is 14.4 Å². The number of amides is 2. The van der Waals surface area contributed by atoms with Gasteiger partial charge in [-0.15, -0.1) is 0 Å². The van der Waals surface area contributed by atoms with Gasteiger partial charge in [-0.1, -0.05) is 11.6 Å². The summed E-state index contributed by atoms with van der Waals surface area (Å²) in [6.45, 7) is -0.378. The number of guanidine groups is 1. The summed E-state index contributed by atoms with van der Waals surface area (Å²) in [6, 6.07) is 6.09. The summed E-state index contributed by atoms with van der Waals surface area (Å²) < 4.78 is 13.4. The number of phenols is 1. The van der Waals surface area contributed by atoms with E-state index < -0.39 is 43.0 Å². The number of carboxylic acids is 1. The number of nitrogens with two attached hydrogens (primary N) is 1. The molecule has 8 N–H and O–H groups in total. The Hall–Kier alpha value is -3.58. The molecular formula is C22H23BrClFN6O5. The quantitative estimate of drug-likeness (QED) is 0.230. The van der Waals surface area contributed by atoms with Gasteiger partial charge in [-0.05, 0) is 46.3 Å². The lowest BCUT2D eigenvalue weighted by molar-refractivity contribution is -0.137. The molecule has 0 saturated carbocycles. The maximum absolute atomic E-state index is 13.2. The maximum atomic E-state index is 13.2. The lowest BCUT2D eigenvalue weighted by Crippen LogP contribution is -2.41. The van der Waals surface area contributed by atoms with E-state index in [0.29, 0.717) is 11.6 Å². The van der Waals surface area contributed by atoms with Crippen LogP contribution in [0.25, 0.3) is 0 Å². The van der Waals surface area contributed by atoms with Crippen LogP contribution in [-0.4, -0.2) is 59.8 Å². The second kappa shape index (κ2) is 11.9. The van der Waals surface area contributed by atoms with Crippen molar-refractivity contribution >= 4 is 62.6 Å². The van der Waals surface area contributed by atoms with Crippen LogP contribution in [0.5, 0.6) is 5.75 Å². The molecule has 0 saturated heterocycles. The first-order chi connectivity index (χ1) is 17.0. The number of aromatic hydroxyl groups is 1. The van der Waals surface area contributed by atoms with Gasteiger partial charge in [0.1, 0.15) is 11.9 Å². The molecule has 2 aromatic rings. The Balaban J connectivity index is 1.66. The minimum absolute atomic E-state index is 0.00684. The highest BCUT2D eigenvalue weighted by molar-refractivity contribution is 9.10. The Bertz CT molecular complexity index is 1210. The highest BCUT2D eigenvalue weighted by Gasteiger charge is 2.23. The summed E-state index contributed by atoms with van der Waals surface area (Å²) in [6.07, 6.45) is -1.62. The molecule has 2 atom stereocenters. The first kappa shape index (κ1) is 27.0. The van der Waals surface area contributed by atoms with Crippen molar-refractivity contribution in [2.75, 3.05) is 30.7 Å². The molecule has 0 radical (unpaired) electrons. The molecule has 0 spiro atoms. The molecule has 1 aliphatic rings. The summed E-state index contributed by atoms with van der Waals surface area (Å²) in [7, 11) is 0. The molecule has 36 heavy (non-hydrogen) atoms. The van der Waals surface area contributed by atoms with Crippen LogP contribution in [0.1, 0.15) is 28.4 Å². The zero-order valence-corrected chi connectivity index (χ0v) is 21.0. The van der Waals surface area contributed by atoms with E-state index in [1.807, 2.05) is 0 Å². The van der Waals surface area contributed by atoms with Gasteiger partial charge < -0.3 is 37.2 Å². The second-order valence-corrected chi connectivity index (χ2v) is 9.15. The summed E-state index contributed by atoms with van der Waals surface area (Å²) in [5, 5.41) is 30.4. The van der Waals surface area contributed by atoms with E-state index in [4.69, 9.17) is 17.3 Å². The monoisotopic (exact) mass is 584 g/mol. The van der Waals surface area contributed by atoms with Gasteiger partial charge in [-0.2, -0.15) is 0 Å². The molecule has 1 heterocycles. The van der Waals surface area contributed by atoms with Gasteiger partial charge in [0.25, 0.3) is 5.91 Å². The number of alkyl halides is 1. The fraction of sp³-hybridized carbons (Fsp3) is 0.273. The lowest BCUT2D eigenvalue weighted by atomic mass is 10.0. The van der Waals surface area contributed by atoms with Crippen LogP contribution in [0.15, 0.2) is 39.8 Å². The number of nitrogen functional groups attached to an aromatic ring is 1. The summed E-state index contributed by atoms with van der Waals surface area (Å²) in [5.74, 6) is -2.48. The Morgan fingerprint density at radius 2 is 2.03 bits per heavy atom. The first-order valence-electron chi connectivity index (χ1n) is 10.6. The molecule has 192 valence electrons. The van der Waals surface area contributed by atoms with Crippen molar-refractivity contribution in [2.45, 2.75) is 18.6 Å². The average Bonchev–Trinajstić information content (AvgIpc) is 2.80. The predicted molar refractivity (Wildman–Crippen MR) is 136 cm³/mol. The Morgan fingerprint density at radius 3 is 2.69 bits per heavy atom. The van der Waals surface area contributed by atoms with Crippen molar-refractivity contribution in [1.82, 2.24) is 16.0 Å². The van der Waals surface area contributed by atoms with E-state index in [9.17, 15) is 29.0 Å². The van der Waals surface area contributed by atoms with Crippen molar-refractivity contribution in [3.05, 3.63) is 51.0 Å². The van der Waals surface area contributed by atoms with Crippen molar-refractivity contribution in [3.8, 4) is 5.75 Å². The van der Waals surface area contributed by atoms with Gasteiger partial charge in [0, 0.05) is 27.5 Å². The summed E-state index contributed by atoms with van der Waals surface area (Å²) in [5.41, 5.74) is 6.81. The van der Waals surface area contributed by atoms with E-state index in [1.54, 1.807) is 6.07 Å². The van der Waals surface area contributed by atoms with Crippen LogP contribution in [0.2, 0.25) is 5.02 Å². The molecule has 2 amide bonds. The molecule has 0 aromatic heterocycles. The fourth-order valence-electron chi connectivity index (χ4n) is 3.37. The van der Waals surface area contributed by atoms with Crippen molar-refractivity contribution in [1.29, 1.82) is 0 Å². The minimum Gasteiger partial charge on any atom is -0.506 e. The molecule has 0 aliphatic carbocycles. The van der Waals surface area contributed by atoms with Crippen LogP contribution in [-0.2, 0) is 9.59 Å². The third-order valence-corrected chi connectivity index (χ3v) is 5.80. The molecule has 11 nitrogen and oxygen atoms in total. The number of nitrogens with zero attached hydrogens (tertiary/aromatic N) is 1. The van der Waals surface area contributed by atoms with E-state index in [-0.39, 0.29) is 45.1 Å². The number of aliphatic imine (C=N–C) groups is 1. The van der Waals surface area contributed by atoms with E-state index >= 15 is 0 Å². The molecule has 0 fully saturated rings. The number of nitrogens with one attached hydrogen (secondary N) is 4. The minimum atomic E-state index is -1.22. The van der Waals surface area contributed by atoms with Crippen molar-refractivity contribution in [2.24, 2.45) is 4.99 Å². The topological polar surface area (TPSA) is 178 Å². The van der Waals surface area contributed by atoms with Crippen LogP contribution in [0, 0.1) is 0 Å². The predicted octanol–water partition coefficient (Wildman–Crippen LogP) is 2.16. The van der Waals surface area contributed by atoms with Crippen LogP contribution in [0.4, 0.5) is 15.8 Å². The summed E-state index contributed by atoms with van der Waals surface area (Å²) in [4.78, 5) is 40.5. The first-order valence-corrected chi connectivity index (χ1v) is 11.8. The zero-order valence-electron chi connectivity index (χ0n) is 18.6. The van der Waals surface area contributed by atoms with Gasteiger partial charge >= 0.3 is 5.97 Å². The third-order valence-electron chi connectivity index (χ3n) is 4.98. The van der Waals surface area contributed by atoms with Crippen molar-refractivity contribution < 1.29 is 29.0 Å². The molecule has 1 aliphatic heterocycles. The number of carboxylic acid groups (broad SMARTS) is 1. The molecule has 1 unspecified atom stereocenters. The number of aliphatic carboxylic acids is 1. The third kappa shape index (κ3) is 7.46. The Labute approximate surface area is 218 Å². The number of benzene rings is 2. The molecular weight excluding hydrogens is 563 g/mol. The zero-order chi connectivity index (χ0) is 26.4. The average molecular weight is 586 g/mol.